The van der Waals surface area contributed by atoms with E-state index in [1.54, 1.807) is 0 Å². The molecule has 0 saturated carbocycles. The summed E-state index contributed by atoms with van der Waals surface area (Å²) in [5.41, 5.74) is 1.31. The molecular formula is C18H28N4OS. The van der Waals surface area contributed by atoms with Gasteiger partial charge in [0.05, 0.1) is 6.04 Å². The van der Waals surface area contributed by atoms with Gasteiger partial charge in [-0.2, -0.15) is 11.8 Å². The standard InChI is InChI=1S/C18H28N4OS/c1-15(22-10-12-24-13-11-22)18(23)20-17-4-8-21(9-5-17)14-16-2-6-19-7-3-16/h2-3,6-7,15,17H,4-5,8-14H2,1H3,(H,20,23). The van der Waals surface area contributed by atoms with Gasteiger partial charge >= 0.3 is 0 Å². The Morgan fingerprint density at radius 1 is 1.25 bits per heavy atom. The normalized spacial score (nSPS) is 22.2. The lowest BCUT2D eigenvalue weighted by Crippen LogP contribution is -2.52. The number of hydrogen-bond donors (Lipinski definition) is 1. The molecule has 0 radical (unpaired) electrons. The maximum Gasteiger partial charge on any atom is 0.237 e. The molecule has 5 nitrogen and oxygen atoms in total. The lowest BCUT2D eigenvalue weighted by atomic mass is 10.0. The molecule has 2 aliphatic heterocycles. The van der Waals surface area contributed by atoms with E-state index in [0.717, 1.165) is 57.1 Å². The van der Waals surface area contributed by atoms with E-state index in [0.29, 0.717) is 6.04 Å². The van der Waals surface area contributed by atoms with Gasteiger partial charge < -0.3 is 5.32 Å². The smallest absolute Gasteiger partial charge is 0.237 e. The number of nitrogens with one attached hydrogen (secondary N) is 1. The molecule has 2 fully saturated rings. The van der Waals surface area contributed by atoms with Crippen molar-refractivity contribution < 1.29 is 4.79 Å². The topological polar surface area (TPSA) is 48.5 Å². The molecule has 0 spiro atoms. The van der Waals surface area contributed by atoms with Crippen LogP contribution in [0.2, 0.25) is 0 Å². The number of carbonyl (C=O) groups excluding carboxylic acids is 1. The molecule has 1 aromatic rings. The minimum Gasteiger partial charge on any atom is -0.352 e. The lowest BCUT2D eigenvalue weighted by molar-refractivity contribution is -0.126. The Labute approximate surface area is 149 Å². The molecule has 2 saturated heterocycles. The predicted molar refractivity (Wildman–Crippen MR) is 99.0 cm³/mol. The minimum absolute atomic E-state index is 0.000693. The number of thioether (sulfide) groups is 1. The number of carbonyl (C=O) groups is 1. The highest BCUT2D eigenvalue weighted by molar-refractivity contribution is 7.99. The van der Waals surface area contributed by atoms with E-state index in [-0.39, 0.29) is 11.9 Å². The zero-order chi connectivity index (χ0) is 16.8. The van der Waals surface area contributed by atoms with E-state index in [1.165, 1.54) is 5.56 Å². The SMILES string of the molecule is CC(C(=O)NC1CCN(Cc2ccncc2)CC1)N1CCSCC1. The van der Waals surface area contributed by atoms with Gasteiger partial charge in [-0.25, -0.2) is 0 Å². The number of hydrogen-bond acceptors (Lipinski definition) is 5. The van der Waals surface area contributed by atoms with E-state index in [9.17, 15) is 4.79 Å². The van der Waals surface area contributed by atoms with Crippen molar-refractivity contribution in [1.29, 1.82) is 0 Å². The zero-order valence-corrected chi connectivity index (χ0v) is 15.3. The summed E-state index contributed by atoms with van der Waals surface area (Å²) in [7, 11) is 0. The van der Waals surface area contributed by atoms with Gasteiger partial charge in [-0.1, -0.05) is 0 Å². The predicted octanol–water partition coefficient (Wildman–Crippen LogP) is 1.60. The average Bonchev–Trinajstić information content (AvgIpc) is 2.64. The largest absolute Gasteiger partial charge is 0.352 e. The number of piperidine rings is 1. The van der Waals surface area contributed by atoms with Crippen LogP contribution in [0, 0.1) is 0 Å². The molecule has 3 heterocycles. The lowest BCUT2D eigenvalue weighted by Gasteiger charge is -2.35. The first-order valence-corrected chi connectivity index (χ1v) is 10.1. The van der Waals surface area contributed by atoms with Crippen LogP contribution in [0.3, 0.4) is 0 Å². The Hall–Kier alpha value is -1.11. The summed E-state index contributed by atoms with van der Waals surface area (Å²) in [6, 6.07) is 4.48. The monoisotopic (exact) mass is 348 g/mol. The summed E-state index contributed by atoms with van der Waals surface area (Å²) < 4.78 is 0. The molecule has 132 valence electrons. The van der Waals surface area contributed by atoms with Crippen molar-refractivity contribution >= 4 is 17.7 Å². The summed E-state index contributed by atoms with van der Waals surface area (Å²) in [6.45, 7) is 7.17. The van der Waals surface area contributed by atoms with Crippen LogP contribution in [0.25, 0.3) is 0 Å². The van der Waals surface area contributed by atoms with Crippen LogP contribution in [-0.4, -0.2) is 70.5 Å². The van der Waals surface area contributed by atoms with Gasteiger partial charge in [0.2, 0.25) is 5.91 Å². The van der Waals surface area contributed by atoms with Gasteiger partial charge in [0.1, 0.15) is 0 Å². The van der Waals surface area contributed by atoms with Crippen LogP contribution >= 0.6 is 11.8 Å². The van der Waals surface area contributed by atoms with Gasteiger partial charge in [0.15, 0.2) is 0 Å². The molecule has 2 aliphatic rings. The zero-order valence-electron chi connectivity index (χ0n) is 14.5. The van der Waals surface area contributed by atoms with Crippen molar-refractivity contribution in [3.63, 3.8) is 0 Å². The number of amides is 1. The summed E-state index contributed by atoms with van der Waals surface area (Å²) in [6.07, 6.45) is 5.78. The second-order valence-corrected chi connectivity index (χ2v) is 7.96. The van der Waals surface area contributed by atoms with E-state index < -0.39 is 0 Å². The number of likely N-dealkylation sites (tertiary alicyclic amines) is 1. The molecule has 0 bridgehead atoms. The van der Waals surface area contributed by atoms with E-state index in [1.807, 2.05) is 31.1 Å². The summed E-state index contributed by atoms with van der Waals surface area (Å²) in [5, 5.41) is 3.28. The van der Waals surface area contributed by atoms with Crippen molar-refractivity contribution in [3.8, 4) is 0 Å². The van der Waals surface area contributed by atoms with Gasteiger partial charge in [0.25, 0.3) is 0 Å². The van der Waals surface area contributed by atoms with Gasteiger partial charge in [-0.3, -0.25) is 19.6 Å². The first kappa shape index (κ1) is 17.7. The maximum atomic E-state index is 12.5. The average molecular weight is 349 g/mol. The minimum atomic E-state index is 0.000693. The van der Waals surface area contributed by atoms with Crippen LogP contribution in [0.5, 0.6) is 0 Å². The molecule has 24 heavy (non-hydrogen) atoms. The molecular weight excluding hydrogens is 320 g/mol. The molecule has 1 unspecified atom stereocenters. The highest BCUT2D eigenvalue weighted by Gasteiger charge is 2.26. The van der Waals surface area contributed by atoms with Crippen LogP contribution in [0.1, 0.15) is 25.3 Å². The van der Waals surface area contributed by atoms with Gasteiger partial charge in [-0.15, -0.1) is 0 Å². The van der Waals surface area contributed by atoms with E-state index >= 15 is 0 Å². The number of nitrogens with zero attached hydrogens (tertiary/aromatic N) is 3. The van der Waals surface area contributed by atoms with Crippen molar-refractivity contribution in [2.45, 2.75) is 38.4 Å². The number of aromatic nitrogens is 1. The second kappa shape index (κ2) is 8.83. The fraction of sp³-hybridized carbons (Fsp3) is 0.667. The first-order chi connectivity index (χ1) is 11.7. The Morgan fingerprint density at radius 3 is 2.58 bits per heavy atom. The van der Waals surface area contributed by atoms with E-state index in [4.69, 9.17) is 0 Å². The molecule has 1 amide bonds. The van der Waals surface area contributed by atoms with Crippen LogP contribution in [0.4, 0.5) is 0 Å². The number of pyridine rings is 1. The maximum absolute atomic E-state index is 12.5. The number of rotatable bonds is 5. The van der Waals surface area contributed by atoms with E-state index in [2.05, 4.69) is 32.2 Å². The first-order valence-electron chi connectivity index (χ1n) is 8.96. The third-order valence-electron chi connectivity index (χ3n) is 5.06. The Morgan fingerprint density at radius 2 is 1.92 bits per heavy atom. The van der Waals surface area contributed by atoms with Crippen molar-refractivity contribution in [2.24, 2.45) is 0 Å². The Bertz CT molecular complexity index is 513. The quantitative estimate of drug-likeness (QED) is 0.876. The summed E-state index contributed by atoms with van der Waals surface area (Å²) >= 11 is 1.98. The molecule has 1 N–H and O–H groups in total. The van der Waals surface area contributed by atoms with Crippen molar-refractivity contribution in [1.82, 2.24) is 20.1 Å². The van der Waals surface area contributed by atoms with Crippen molar-refractivity contribution in [3.05, 3.63) is 30.1 Å². The van der Waals surface area contributed by atoms with Crippen LogP contribution < -0.4 is 5.32 Å². The molecule has 0 aromatic carbocycles. The Balaban J connectivity index is 1.40. The third kappa shape index (κ3) is 4.94. The van der Waals surface area contributed by atoms with Crippen LogP contribution in [-0.2, 0) is 11.3 Å². The van der Waals surface area contributed by atoms with Gasteiger partial charge in [-0.05, 0) is 37.5 Å². The fourth-order valence-electron chi connectivity index (χ4n) is 3.43. The Kier molecular flexibility index (Phi) is 6.51. The molecule has 6 heteroatoms. The molecule has 1 aromatic heterocycles. The summed E-state index contributed by atoms with van der Waals surface area (Å²) in [4.78, 5) is 21.3. The molecule has 0 aliphatic carbocycles. The van der Waals surface area contributed by atoms with Crippen molar-refractivity contribution in [2.75, 3.05) is 37.7 Å². The van der Waals surface area contributed by atoms with Gasteiger partial charge in [0, 0.05) is 62.7 Å². The molecule has 1 atom stereocenters. The fourth-order valence-corrected chi connectivity index (χ4v) is 4.37. The molecule has 3 rings (SSSR count). The highest BCUT2D eigenvalue weighted by atomic mass is 32.2. The summed E-state index contributed by atoms with van der Waals surface area (Å²) in [5.74, 6) is 2.49. The third-order valence-corrected chi connectivity index (χ3v) is 6.00. The second-order valence-electron chi connectivity index (χ2n) is 6.74. The van der Waals surface area contributed by atoms with Crippen LogP contribution in [0.15, 0.2) is 24.5 Å². The highest BCUT2D eigenvalue weighted by Crippen LogP contribution is 2.15.